The molecule has 1 aliphatic rings. The molecular formula is C15H12N3O6+. The maximum Gasteiger partial charge on any atom is 0.388 e. The van der Waals surface area contributed by atoms with E-state index in [0.717, 1.165) is 0 Å². The van der Waals surface area contributed by atoms with Gasteiger partial charge < -0.3 is 9.47 Å². The first-order valence-corrected chi connectivity index (χ1v) is 6.78. The van der Waals surface area contributed by atoms with Gasteiger partial charge >= 0.3 is 11.8 Å². The molecule has 0 spiro atoms. The third-order valence-corrected chi connectivity index (χ3v) is 3.23. The van der Waals surface area contributed by atoms with Crippen LogP contribution in [0.3, 0.4) is 0 Å². The van der Waals surface area contributed by atoms with Crippen molar-refractivity contribution < 1.29 is 29.2 Å². The van der Waals surface area contributed by atoms with Crippen LogP contribution < -0.4 is 20.4 Å². The van der Waals surface area contributed by atoms with E-state index in [1.807, 2.05) is 0 Å². The molecule has 3 rings (SSSR count). The zero-order valence-corrected chi connectivity index (χ0v) is 12.2. The molecular weight excluding hydrogens is 318 g/mol. The van der Waals surface area contributed by atoms with Crippen LogP contribution in [0.1, 0.15) is 15.9 Å². The summed E-state index contributed by atoms with van der Waals surface area (Å²) in [6.07, 6.45) is 0. The Morgan fingerprint density at radius 2 is 1.96 bits per heavy atom. The van der Waals surface area contributed by atoms with Gasteiger partial charge in [-0.2, -0.15) is 0 Å². The molecule has 2 aromatic carbocycles. The van der Waals surface area contributed by atoms with Gasteiger partial charge in [-0.1, -0.05) is 11.2 Å². The number of hydrogen-bond acceptors (Lipinski definition) is 6. The largest absolute Gasteiger partial charge is 0.454 e. The molecule has 1 heterocycles. The molecule has 9 nitrogen and oxygen atoms in total. The van der Waals surface area contributed by atoms with E-state index in [-0.39, 0.29) is 23.9 Å². The van der Waals surface area contributed by atoms with Crippen molar-refractivity contribution in [3.63, 3.8) is 0 Å². The third kappa shape index (κ3) is 3.09. The molecule has 0 saturated heterocycles. The van der Waals surface area contributed by atoms with Gasteiger partial charge in [0.15, 0.2) is 11.5 Å². The molecule has 0 fully saturated rings. The number of hydrogen-bond donors (Lipinski definition) is 2. The number of nitro benzene ring substituents is 1. The number of carbonyl (C=O) groups is 1. The Kier molecular flexibility index (Phi) is 3.98. The van der Waals surface area contributed by atoms with Crippen molar-refractivity contribution >= 4 is 17.5 Å². The molecule has 0 amide bonds. The highest BCUT2D eigenvalue weighted by Crippen LogP contribution is 2.32. The lowest BCUT2D eigenvalue weighted by Crippen LogP contribution is -2.75. The molecule has 0 radical (unpaired) electrons. The summed E-state index contributed by atoms with van der Waals surface area (Å²) >= 11 is 0. The quantitative estimate of drug-likeness (QED) is 0.263. The van der Waals surface area contributed by atoms with Crippen molar-refractivity contribution in [3.05, 3.63) is 63.7 Å². The highest BCUT2D eigenvalue weighted by atomic mass is 16.7. The minimum Gasteiger partial charge on any atom is -0.454 e. The second kappa shape index (κ2) is 6.24. The second-order valence-corrected chi connectivity index (χ2v) is 4.78. The van der Waals surface area contributed by atoms with Crippen LogP contribution in [0.15, 0.2) is 42.5 Å². The number of nitrogen functional groups attached to an aromatic ring is 1. The number of fused-ring (bicyclic) bond motifs is 1. The molecule has 3 N–H and O–H groups in total. The number of carbonyl (C=O) groups excluding carboxylic acids is 1. The van der Waals surface area contributed by atoms with Crippen molar-refractivity contribution in [2.45, 2.75) is 0 Å². The molecule has 0 saturated carbocycles. The van der Waals surface area contributed by atoms with Crippen LogP contribution in [0.5, 0.6) is 11.5 Å². The second-order valence-electron chi connectivity index (χ2n) is 4.78. The Labute approximate surface area is 135 Å². The summed E-state index contributed by atoms with van der Waals surface area (Å²) in [5.41, 5.74) is 6.17. The Balaban J connectivity index is 1.73. The SMILES string of the molecule is NC(=[NH+]OC(=O)c1ccc2c(c1)OCO2)c1cccc([N+](=O)[O-])c1. The van der Waals surface area contributed by atoms with Crippen molar-refractivity contribution in [1.82, 2.24) is 0 Å². The van der Waals surface area contributed by atoms with Crippen LogP contribution in [0.2, 0.25) is 0 Å². The highest BCUT2D eigenvalue weighted by Gasteiger charge is 2.18. The number of nitrogens with two attached hydrogens (primary N) is 1. The van der Waals surface area contributed by atoms with E-state index in [2.05, 4.69) is 5.16 Å². The summed E-state index contributed by atoms with van der Waals surface area (Å²) in [4.78, 5) is 27.1. The van der Waals surface area contributed by atoms with Crippen LogP contribution in [0.25, 0.3) is 0 Å². The monoisotopic (exact) mass is 330 g/mol. The maximum absolute atomic E-state index is 12.0. The average molecular weight is 330 g/mol. The first-order valence-electron chi connectivity index (χ1n) is 6.78. The Morgan fingerprint density at radius 3 is 2.75 bits per heavy atom. The lowest BCUT2D eigenvalue weighted by Gasteiger charge is -2.00. The van der Waals surface area contributed by atoms with Gasteiger partial charge in [-0.15, -0.1) is 0 Å². The maximum atomic E-state index is 12.0. The van der Waals surface area contributed by atoms with Gasteiger partial charge in [0, 0.05) is 12.1 Å². The van der Waals surface area contributed by atoms with Gasteiger partial charge in [0.25, 0.3) is 5.69 Å². The van der Waals surface area contributed by atoms with Crippen LogP contribution in [0, 0.1) is 10.1 Å². The van der Waals surface area contributed by atoms with Gasteiger partial charge in [0.05, 0.1) is 16.1 Å². The fourth-order valence-electron chi connectivity index (χ4n) is 2.03. The van der Waals surface area contributed by atoms with E-state index < -0.39 is 10.9 Å². The van der Waals surface area contributed by atoms with E-state index >= 15 is 0 Å². The zero-order valence-electron chi connectivity index (χ0n) is 12.2. The summed E-state index contributed by atoms with van der Waals surface area (Å²) in [7, 11) is 0. The number of amidine groups is 1. The van der Waals surface area contributed by atoms with Gasteiger partial charge in [-0.3, -0.25) is 20.7 Å². The lowest BCUT2D eigenvalue weighted by molar-refractivity contribution is -0.721. The molecule has 0 atom stereocenters. The number of nitrogens with zero attached hydrogens (tertiary/aromatic N) is 1. The number of non-ortho nitro benzene ring substituents is 1. The Bertz CT molecular complexity index is 849. The van der Waals surface area contributed by atoms with Crippen LogP contribution >= 0.6 is 0 Å². The predicted octanol–water partition coefficient (Wildman–Crippen LogP) is -0.119. The van der Waals surface area contributed by atoms with Crippen molar-refractivity contribution in [2.75, 3.05) is 6.79 Å². The minimum atomic E-state index is -0.693. The van der Waals surface area contributed by atoms with Crippen LogP contribution in [-0.4, -0.2) is 23.5 Å². The van der Waals surface area contributed by atoms with Crippen molar-refractivity contribution in [2.24, 2.45) is 5.73 Å². The standard InChI is InChI=1S/C15H11N3O6/c16-14(9-2-1-3-11(6-9)18(20)21)17-24-15(19)10-4-5-12-13(7-10)23-8-22-12/h1-7H,8H2,(H2,16,17)/p+1. The summed E-state index contributed by atoms with van der Waals surface area (Å²) in [5.74, 6) is 0.261. The van der Waals surface area contributed by atoms with E-state index in [4.69, 9.17) is 20.0 Å². The topological polar surface area (TPSA) is 128 Å². The van der Waals surface area contributed by atoms with E-state index in [1.54, 1.807) is 12.1 Å². The summed E-state index contributed by atoms with van der Waals surface area (Å²) in [5, 5.41) is 13.0. The summed E-state index contributed by atoms with van der Waals surface area (Å²) in [6.45, 7) is 0.0968. The lowest BCUT2D eigenvalue weighted by atomic mass is 10.2. The molecule has 1 aliphatic heterocycles. The normalized spacial score (nSPS) is 12.8. The van der Waals surface area contributed by atoms with Crippen LogP contribution in [0.4, 0.5) is 5.69 Å². The average Bonchev–Trinajstić information content (AvgIpc) is 3.07. The summed E-state index contributed by atoms with van der Waals surface area (Å²) < 4.78 is 10.3. The number of ether oxygens (including phenoxy) is 2. The van der Waals surface area contributed by atoms with Gasteiger partial charge in [-0.25, -0.2) is 4.79 Å². The van der Waals surface area contributed by atoms with Gasteiger partial charge in [0.1, 0.15) is 0 Å². The zero-order chi connectivity index (χ0) is 17.1. The van der Waals surface area contributed by atoms with Crippen LogP contribution in [-0.2, 0) is 4.84 Å². The number of rotatable bonds is 4. The fourth-order valence-corrected chi connectivity index (χ4v) is 2.03. The molecule has 0 unspecified atom stereocenters. The fraction of sp³-hybridized carbons (Fsp3) is 0.0667. The third-order valence-electron chi connectivity index (χ3n) is 3.23. The van der Waals surface area contributed by atoms with Gasteiger partial charge in [-0.05, 0) is 24.3 Å². The molecule has 24 heavy (non-hydrogen) atoms. The first kappa shape index (κ1) is 15.3. The molecule has 0 aliphatic carbocycles. The van der Waals surface area contributed by atoms with Crippen molar-refractivity contribution in [1.29, 1.82) is 0 Å². The smallest absolute Gasteiger partial charge is 0.388 e. The Hall–Kier alpha value is -3.62. The molecule has 0 aromatic heterocycles. The van der Waals surface area contributed by atoms with E-state index in [9.17, 15) is 14.9 Å². The summed E-state index contributed by atoms with van der Waals surface area (Å²) in [6, 6.07) is 10.2. The number of benzene rings is 2. The van der Waals surface area contributed by atoms with Gasteiger partial charge in [0.2, 0.25) is 6.79 Å². The predicted molar refractivity (Wildman–Crippen MR) is 80.3 cm³/mol. The molecule has 122 valence electrons. The minimum absolute atomic E-state index is 0.0345. The highest BCUT2D eigenvalue weighted by molar-refractivity contribution is 5.94. The Morgan fingerprint density at radius 1 is 1.17 bits per heavy atom. The first-order chi connectivity index (χ1) is 11.5. The van der Waals surface area contributed by atoms with E-state index in [1.165, 1.54) is 30.3 Å². The number of nitro groups is 1. The molecule has 9 heteroatoms. The van der Waals surface area contributed by atoms with Crippen molar-refractivity contribution in [3.8, 4) is 11.5 Å². The molecule has 2 aromatic rings. The molecule has 0 bridgehead atoms. The van der Waals surface area contributed by atoms with E-state index in [0.29, 0.717) is 17.1 Å². The number of nitrogens with one attached hydrogen (secondary N) is 1.